The van der Waals surface area contributed by atoms with Gasteiger partial charge in [0.15, 0.2) is 6.10 Å². The molecule has 92 valence electrons. The Morgan fingerprint density at radius 1 is 1.33 bits per heavy atom. The fraction of sp³-hybridized carbons (Fsp3) is 1.00. The Kier molecular flexibility index (Phi) is 5.55. The van der Waals surface area contributed by atoms with Crippen molar-refractivity contribution < 1.29 is 23.4 Å². The molecule has 2 unspecified atom stereocenters. The zero-order valence-electron chi connectivity index (χ0n) is 8.93. The van der Waals surface area contributed by atoms with E-state index in [1.54, 1.807) is 6.92 Å². The molecule has 3 nitrogen and oxygen atoms in total. The molecule has 2 atom stereocenters. The van der Waals surface area contributed by atoms with Crippen LogP contribution in [0.1, 0.15) is 20.3 Å². The van der Waals surface area contributed by atoms with Crippen molar-refractivity contribution >= 4 is 0 Å². The van der Waals surface area contributed by atoms with Gasteiger partial charge in [-0.25, -0.2) is 0 Å². The standard InChI is InChI=1S/C9H18F3NO2/c1-3-8(2,6-14)5-13-4-7(15)9(10,11)12/h7,13-15H,3-6H2,1-2H3. The summed E-state index contributed by atoms with van der Waals surface area (Å²) in [6, 6.07) is 0. The number of nitrogens with one attached hydrogen (secondary N) is 1. The molecular formula is C9H18F3NO2. The highest BCUT2D eigenvalue weighted by Gasteiger charge is 2.38. The van der Waals surface area contributed by atoms with E-state index < -0.39 is 24.2 Å². The average molecular weight is 229 g/mol. The first-order valence-corrected chi connectivity index (χ1v) is 4.81. The molecule has 0 aromatic rings. The van der Waals surface area contributed by atoms with Crippen molar-refractivity contribution in [3.63, 3.8) is 0 Å². The third kappa shape index (κ3) is 5.34. The van der Waals surface area contributed by atoms with Gasteiger partial charge in [0.2, 0.25) is 0 Å². The van der Waals surface area contributed by atoms with E-state index in [0.29, 0.717) is 6.42 Å². The largest absolute Gasteiger partial charge is 0.415 e. The number of rotatable bonds is 6. The number of halogens is 3. The summed E-state index contributed by atoms with van der Waals surface area (Å²) in [5.74, 6) is 0. The lowest BCUT2D eigenvalue weighted by Gasteiger charge is -2.26. The summed E-state index contributed by atoms with van der Waals surface area (Å²) in [6.07, 6.45) is -6.29. The molecule has 0 aliphatic heterocycles. The molecule has 0 aromatic heterocycles. The minimum absolute atomic E-state index is 0.0986. The van der Waals surface area contributed by atoms with Crippen LogP contribution in [0.4, 0.5) is 13.2 Å². The predicted molar refractivity (Wildman–Crippen MR) is 50.4 cm³/mol. The zero-order chi connectivity index (χ0) is 12.1. The molecular weight excluding hydrogens is 211 g/mol. The van der Waals surface area contributed by atoms with Crippen LogP contribution in [0.15, 0.2) is 0 Å². The molecule has 0 saturated carbocycles. The van der Waals surface area contributed by atoms with Gasteiger partial charge in [-0.1, -0.05) is 13.8 Å². The molecule has 0 amide bonds. The minimum Gasteiger partial charge on any atom is -0.396 e. The molecule has 15 heavy (non-hydrogen) atoms. The summed E-state index contributed by atoms with van der Waals surface area (Å²) in [7, 11) is 0. The Bertz CT molecular complexity index is 181. The van der Waals surface area contributed by atoms with Crippen LogP contribution in [0.3, 0.4) is 0 Å². The summed E-state index contributed by atoms with van der Waals surface area (Å²) in [5.41, 5.74) is -0.439. The van der Waals surface area contributed by atoms with Crippen LogP contribution in [0, 0.1) is 5.41 Å². The van der Waals surface area contributed by atoms with Crippen molar-refractivity contribution in [3.8, 4) is 0 Å². The molecule has 0 fully saturated rings. The van der Waals surface area contributed by atoms with Crippen molar-refractivity contribution in [2.24, 2.45) is 5.41 Å². The van der Waals surface area contributed by atoms with Gasteiger partial charge in [0.25, 0.3) is 0 Å². The second-order valence-electron chi connectivity index (χ2n) is 4.01. The highest BCUT2D eigenvalue weighted by molar-refractivity contribution is 4.76. The summed E-state index contributed by atoms with van der Waals surface area (Å²) < 4.78 is 35.7. The van der Waals surface area contributed by atoms with E-state index in [1.807, 2.05) is 6.92 Å². The van der Waals surface area contributed by atoms with Gasteiger partial charge in [-0.15, -0.1) is 0 Å². The van der Waals surface area contributed by atoms with Gasteiger partial charge in [0.1, 0.15) is 0 Å². The number of hydrogen-bond acceptors (Lipinski definition) is 3. The third-order valence-electron chi connectivity index (χ3n) is 2.50. The maximum atomic E-state index is 11.9. The fourth-order valence-corrected chi connectivity index (χ4v) is 0.919. The lowest BCUT2D eigenvalue weighted by Crippen LogP contribution is -2.42. The normalized spacial score (nSPS) is 18.6. The minimum atomic E-state index is -4.59. The second kappa shape index (κ2) is 5.67. The van der Waals surface area contributed by atoms with Crippen molar-refractivity contribution in [1.29, 1.82) is 0 Å². The van der Waals surface area contributed by atoms with Crippen molar-refractivity contribution in [2.75, 3.05) is 19.7 Å². The van der Waals surface area contributed by atoms with Crippen LogP contribution in [0.5, 0.6) is 0 Å². The third-order valence-corrected chi connectivity index (χ3v) is 2.50. The molecule has 0 aromatic carbocycles. The van der Waals surface area contributed by atoms with Gasteiger partial charge in [-0.3, -0.25) is 0 Å². The molecule has 3 N–H and O–H groups in total. The van der Waals surface area contributed by atoms with E-state index in [0.717, 1.165) is 0 Å². The van der Waals surface area contributed by atoms with Crippen molar-refractivity contribution in [2.45, 2.75) is 32.5 Å². The van der Waals surface area contributed by atoms with E-state index in [9.17, 15) is 13.2 Å². The van der Waals surface area contributed by atoms with E-state index in [-0.39, 0.29) is 13.2 Å². The van der Waals surface area contributed by atoms with E-state index in [4.69, 9.17) is 10.2 Å². The Labute approximate surface area is 87.3 Å². The number of aliphatic hydroxyl groups is 2. The Morgan fingerprint density at radius 2 is 1.87 bits per heavy atom. The Balaban J connectivity index is 3.89. The molecule has 0 aliphatic rings. The summed E-state index contributed by atoms with van der Waals surface area (Å²) in [4.78, 5) is 0. The van der Waals surface area contributed by atoms with Crippen LogP contribution in [0.25, 0.3) is 0 Å². The van der Waals surface area contributed by atoms with E-state index in [2.05, 4.69) is 5.32 Å². The van der Waals surface area contributed by atoms with Crippen LogP contribution >= 0.6 is 0 Å². The quantitative estimate of drug-likeness (QED) is 0.634. The van der Waals surface area contributed by atoms with Gasteiger partial charge >= 0.3 is 6.18 Å². The SMILES string of the molecule is CCC(C)(CO)CNCC(O)C(F)(F)F. The van der Waals surface area contributed by atoms with Crippen molar-refractivity contribution in [3.05, 3.63) is 0 Å². The van der Waals surface area contributed by atoms with Gasteiger partial charge in [0, 0.05) is 25.1 Å². The fourth-order valence-electron chi connectivity index (χ4n) is 0.919. The smallest absolute Gasteiger partial charge is 0.396 e. The number of alkyl halides is 3. The highest BCUT2D eigenvalue weighted by Crippen LogP contribution is 2.21. The van der Waals surface area contributed by atoms with Crippen LogP contribution in [-0.4, -0.2) is 42.2 Å². The molecule has 0 aliphatic carbocycles. The molecule has 6 heteroatoms. The first-order chi connectivity index (χ1) is 6.75. The molecule has 0 radical (unpaired) electrons. The maximum Gasteiger partial charge on any atom is 0.415 e. The summed E-state index contributed by atoms with van der Waals surface area (Å²) in [6.45, 7) is 3.21. The average Bonchev–Trinajstić information content (AvgIpc) is 2.16. The zero-order valence-corrected chi connectivity index (χ0v) is 8.93. The topological polar surface area (TPSA) is 52.5 Å². The number of aliphatic hydroxyl groups excluding tert-OH is 2. The molecule has 0 saturated heterocycles. The van der Waals surface area contributed by atoms with Crippen LogP contribution < -0.4 is 5.32 Å². The molecule has 0 spiro atoms. The van der Waals surface area contributed by atoms with Crippen LogP contribution in [-0.2, 0) is 0 Å². The molecule has 0 heterocycles. The second-order valence-corrected chi connectivity index (χ2v) is 4.01. The Morgan fingerprint density at radius 3 is 2.20 bits per heavy atom. The van der Waals surface area contributed by atoms with E-state index >= 15 is 0 Å². The van der Waals surface area contributed by atoms with Gasteiger partial charge < -0.3 is 15.5 Å². The van der Waals surface area contributed by atoms with E-state index in [1.165, 1.54) is 0 Å². The summed E-state index contributed by atoms with van der Waals surface area (Å²) in [5, 5.41) is 20.2. The van der Waals surface area contributed by atoms with Crippen molar-refractivity contribution in [1.82, 2.24) is 5.32 Å². The van der Waals surface area contributed by atoms with Gasteiger partial charge in [0.05, 0.1) is 0 Å². The predicted octanol–water partition coefficient (Wildman–Crippen LogP) is 0.908. The Hall–Kier alpha value is -0.330. The van der Waals surface area contributed by atoms with Gasteiger partial charge in [-0.05, 0) is 6.42 Å². The first-order valence-electron chi connectivity index (χ1n) is 4.81. The lowest BCUT2D eigenvalue weighted by atomic mass is 9.88. The summed E-state index contributed by atoms with van der Waals surface area (Å²) >= 11 is 0. The molecule has 0 bridgehead atoms. The molecule has 0 rings (SSSR count). The lowest BCUT2D eigenvalue weighted by molar-refractivity contribution is -0.202. The first kappa shape index (κ1) is 14.7. The number of hydrogen-bond donors (Lipinski definition) is 3. The van der Waals surface area contributed by atoms with Crippen LogP contribution in [0.2, 0.25) is 0 Å². The monoisotopic (exact) mass is 229 g/mol. The maximum absolute atomic E-state index is 11.9. The van der Waals surface area contributed by atoms with Gasteiger partial charge in [-0.2, -0.15) is 13.2 Å². The highest BCUT2D eigenvalue weighted by atomic mass is 19.4.